The first-order valence-electron chi connectivity index (χ1n) is 10.6. The summed E-state index contributed by atoms with van der Waals surface area (Å²) < 4.78 is 27.7. The van der Waals surface area contributed by atoms with Gasteiger partial charge in [-0.3, -0.25) is 0 Å². The molecule has 1 unspecified atom stereocenters. The van der Waals surface area contributed by atoms with Crippen LogP contribution in [0.5, 0.6) is 5.75 Å². The molecule has 2 aliphatic carbocycles. The Morgan fingerprint density at radius 1 is 1.00 bits per heavy atom. The van der Waals surface area contributed by atoms with Crippen molar-refractivity contribution in [3.8, 4) is 5.75 Å². The molecule has 0 bridgehead atoms. The van der Waals surface area contributed by atoms with Gasteiger partial charge in [-0.1, -0.05) is 31.6 Å². The molecule has 0 aliphatic heterocycles. The summed E-state index contributed by atoms with van der Waals surface area (Å²) in [4.78, 5) is 0. The third-order valence-electron chi connectivity index (χ3n) is 6.51. The van der Waals surface area contributed by atoms with Gasteiger partial charge in [0.05, 0.1) is 0 Å². The van der Waals surface area contributed by atoms with Crippen LogP contribution in [0.3, 0.4) is 0 Å². The van der Waals surface area contributed by atoms with E-state index in [0.717, 1.165) is 36.7 Å². The minimum absolute atomic E-state index is 0.311. The maximum absolute atomic E-state index is 14.1. The second-order valence-electron chi connectivity index (χ2n) is 8.30. The molecular weight excluding hydrogens is 342 g/mol. The molecule has 3 heteroatoms. The van der Waals surface area contributed by atoms with Gasteiger partial charge in [0.25, 0.3) is 0 Å². The number of phenolic OH excluding ortho intramolecular Hbond substituents is 1. The Hall–Kier alpha value is -1.64. The van der Waals surface area contributed by atoms with Crippen molar-refractivity contribution in [1.82, 2.24) is 0 Å². The van der Waals surface area contributed by atoms with Gasteiger partial charge in [-0.15, -0.1) is 0 Å². The van der Waals surface area contributed by atoms with E-state index in [9.17, 15) is 13.9 Å². The number of rotatable bonds is 6. The fourth-order valence-corrected chi connectivity index (χ4v) is 4.78. The Balaban J connectivity index is 1.52. The van der Waals surface area contributed by atoms with E-state index >= 15 is 0 Å². The predicted molar refractivity (Wildman–Crippen MR) is 107 cm³/mol. The van der Waals surface area contributed by atoms with Crippen LogP contribution in [0.4, 0.5) is 8.78 Å². The molecular formula is C24H32F2O. The fraction of sp³-hybridized carbons (Fsp3) is 0.583. The Morgan fingerprint density at radius 3 is 2.44 bits per heavy atom. The van der Waals surface area contributed by atoms with Gasteiger partial charge in [-0.25, -0.2) is 4.39 Å². The molecule has 0 heterocycles. The van der Waals surface area contributed by atoms with Gasteiger partial charge in [-0.05, 0) is 93.2 Å². The zero-order valence-corrected chi connectivity index (χ0v) is 16.4. The minimum Gasteiger partial charge on any atom is -0.505 e. The Kier molecular flexibility index (Phi) is 7.09. The highest BCUT2D eigenvalue weighted by molar-refractivity contribution is 5.67. The molecule has 1 fully saturated rings. The normalized spacial score (nSPS) is 26.3. The topological polar surface area (TPSA) is 20.2 Å². The lowest BCUT2D eigenvalue weighted by molar-refractivity contribution is 0.195. The van der Waals surface area contributed by atoms with Crippen LogP contribution in [0, 0.1) is 29.4 Å². The van der Waals surface area contributed by atoms with Gasteiger partial charge in [0.15, 0.2) is 11.6 Å². The molecule has 1 aromatic carbocycles. The number of aromatic hydroxyl groups is 1. The molecule has 1 saturated carbocycles. The van der Waals surface area contributed by atoms with Crippen molar-refractivity contribution in [3.05, 3.63) is 47.6 Å². The number of phenols is 1. The fourth-order valence-electron chi connectivity index (χ4n) is 4.78. The molecule has 0 radical (unpaired) electrons. The largest absolute Gasteiger partial charge is 0.505 e. The Morgan fingerprint density at radius 2 is 1.78 bits per heavy atom. The van der Waals surface area contributed by atoms with Crippen LogP contribution in [-0.2, 0) is 0 Å². The highest BCUT2D eigenvalue weighted by Gasteiger charge is 2.29. The molecule has 148 valence electrons. The second kappa shape index (κ2) is 9.52. The zero-order valence-electron chi connectivity index (χ0n) is 16.4. The number of hydrogen-bond donors (Lipinski definition) is 1. The van der Waals surface area contributed by atoms with Gasteiger partial charge in [-0.2, -0.15) is 4.39 Å². The Labute approximate surface area is 162 Å². The van der Waals surface area contributed by atoms with E-state index in [4.69, 9.17) is 0 Å². The summed E-state index contributed by atoms with van der Waals surface area (Å²) in [6.45, 7) is 2.21. The van der Waals surface area contributed by atoms with Crippen molar-refractivity contribution in [2.24, 2.45) is 17.8 Å². The summed E-state index contributed by atoms with van der Waals surface area (Å²) in [6, 6.07) is 2.74. The van der Waals surface area contributed by atoms with Crippen LogP contribution < -0.4 is 0 Å². The number of allylic oxidation sites excluding steroid dienone is 4. The van der Waals surface area contributed by atoms with Gasteiger partial charge >= 0.3 is 0 Å². The van der Waals surface area contributed by atoms with E-state index in [1.807, 2.05) is 0 Å². The molecule has 0 aromatic heterocycles. The standard InChI is InChI=1S/C24H32F2O/c1-2-3-4-5-6-17-7-9-18(10-8-17)19-11-13-20(14-12-19)21-15-16-22(27)24(26)23(21)25/h4-5,13,15-19,27H,2-3,6-12,14H2,1H3/b5-4-. The molecule has 0 spiro atoms. The van der Waals surface area contributed by atoms with Crippen LogP contribution in [0.2, 0.25) is 0 Å². The summed E-state index contributed by atoms with van der Waals surface area (Å²) >= 11 is 0. The van der Waals surface area contributed by atoms with Crippen molar-refractivity contribution in [2.75, 3.05) is 0 Å². The summed E-state index contributed by atoms with van der Waals surface area (Å²) in [5.41, 5.74) is 1.20. The van der Waals surface area contributed by atoms with E-state index in [2.05, 4.69) is 25.2 Å². The number of hydrogen-bond acceptors (Lipinski definition) is 1. The SMILES string of the molecule is CCC/C=C\CC1CCC(C2CC=C(c3ccc(O)c(F)c3F)CC2)CC1. The van der Waals surface area contributed by atoms with E-state index in [1.165, 1.54) is 57.1 Å². The molecule has 0 saturated heterocycles. The van der Waals surface area contributed by atoms with Crippen LogP contribution in [0.15, 0.2) is 30.4 Å². The van der Waals surface area contributed by atoms with Crippen molar-refractivity contribution in [3.63, 3.8) is 0 Å². The van der Waals surface area contributed by atoms with E-state index in [-0.39, 0.29) is 0 Å². The van der Waals surface area contributed by atoms with Crippen LogP contribution in [0.1, 0.15) is 76.7 Å². The smallest absolute Gasteiger partial charge is 0.200 e. The summed E-state index contributed by atoms with van der Waals surface area (Å²) in [6.07, 6.45) is 18.5. The Bertz CT molecular complexity index is 684. The number of halogens is 2. The van der Waals surface area contributed by atoms with Gasteiger partial charge < -0.3 is 5.11 Å². The monoisotopic (exact) mass is 374 g/mol. The van der Waals surface area contributed by atoms with Crippen molar-refractivity contribution in [2.45, 2.75) is 71.1 Å². The summed E-state index contributed by atoms with van der Waals surface area (Å²) in [7, 11) is 0. The van der Waals surface area contributed by atoms with E-state index < -0.39 is 17.4 Å². The molecule has 1 aromatic rings. The maximum Gasteiger partial charge on any atom is 0.200 e. The van der Waals surface area contributed by atoms with Crippen LogP contribution >= 0.6 is 0 Å². The van der Waals surface area contributed by atoms with Crippen LogP contribution in [-0.4, -0.2) is 5.11 Å². The predicted octanol–water partition coefficient (Wildman–Crippen LogP) is 7.41. The first-order valence-corrected chi connectivity index (χ1v) is 10.6. The molecule has 1 nitrogen and oxygen atoms in total. The maximum atomic E-state index is 14.1. The van der Waals surface area contributed by atoms with Gasteiger partial charge in [0, 0.05) is 5.56 Å². The lowest BCUT2D eigenvalue weighted by Gasteiger charge is -2.35. The zero-order chi connectivity index (χ0) is 19.2. The lowest BCUT2D eigenvalue weighted by atomic mass is 9.70. The highest BCUT2D eigenvalue weighted by Crippen LogP contribution is 2.42. The third-order valence-corrected chi connectivity index (χ3v) is 6.51. The number of benzene rings is 1. The van der Waals surface area contributed by atoms with E-state index in [1.54, 1.807) is 0 Å². The molecule has 3 rings (SSSR count). The summed E-state index contributed by atoms with van der Waals surface area (Å²) in [5, 5.41) is 9.30. The highest BCUT2D eigenvalue weighted by atomic mass is 19.2. The molecule has 2 aliphatic rings. The first-order chi connectivity index (χ1) is 13.1. The molecule has 27 heavy (non-hydrogen) atoms. The molecule has 1 N–H and O–H groups in total. The average molecular weight is 375 g/mol. The lowest BCUT2D eigenvalue weighted by Crippen LogP contribution is -2.23. The average Bonchev–Trinajstić information content (AvgIpc) is 2.70. The third kappa shape index (κ3) is 5.00. The van der Waals surface area contributed by atoms with Crippen LogP contribution in [0.25, 0.3) is 5.57 Å². The second-order valence-corrected chi connectivity index (χ2v) is 8.30. The number of unbranched alkanes of at least 4 members (excludes halogenated alkanes) is 1. The van der Waals surface area contributed by atoms with Crippen molar-refractivity contribution in [1.29, 1.82) is 0 Å². The van der Waals surface area contributed by atoms with E-state index in [0.29, 0.717) is 11.5 Å². The quantitative estimate of drug-likeness (QED) is 0.514. The molecule has 1 atom stereocenters. The summed E-state index contributed by atoms with van der Waals surface area (Å²) in [5.74, 6) is -0.376. The minimum atomic E-state index is -1.14. The van der Waals surface area contributed by atoms with Crippen molar-refractivity contribution >= 4 is 5.57 Å². The van der Waals surface area contributed by atoms with Gasteiger partial charge in [0.2, 0.25) is 5.82 Å². The van der Waals surface area contributed by atoms with Gasteiger partial charge in [0.1, 0.15) is 0 Å². The molecule has 0 amide bonds. The van der Waals surface area contributed by atoms with Crippen molar-refractivity contribution < 1.29 is 13.9 Å². The first kappa shape index (κ1) is 20.1.